The summed E-state index contributed by atoms with van der Waals surface area (Å²) >= 11 is 0. The Morgan fingerprint density at radius 1 is 1.17 bits per heavy atom. The number of piperidine rings is 1. The van der Waals surface area contributed by atoms with Crippen molar-refractivity contribution in [3.05, 3.63) is 41.0 Å². The van der Waals surface area contributed by atoms with Gasteiger partial charge in [0.2, 0.25) is 11.8 Å². The third kappa shape index (κ3) is 2.35. The predicted octanol–water partition coefficient (Wildman–Crippen LogP) is 0.434. The summed E-state index contributed by atoms with van der Waals surface area (Å²) in [6.07, 6.45) is 2.82. The van der Waals surface area contributed by atoms with Crippen molar-refractivity contribution in [2.75, 3.05) is 13.1 Å². The van der Waals surface area contributed by atoms with Crippen LogP contribution < -0.4 is 10.6 Å². The second-order valence-corrected chi connectivity index (χ2v) is 6.13. The lowest BCUT2D eigenvalue weighted by atomic mass is 10.0. The van der Waals surface area contributed by atoms with Gasteiger partial charge in [-0.15, -0.1) is 0 Å². The van der Waals surface area contributed by atoms with E-state index in [0.29, 0.717) is 18.5 Å². The van der Waals surface area contributed by atoms with Gasteiger partial charge in [-0.1, -0.05) is 12.1 Å². The van der Waals surface area contributed by atoms with Gasteiger partial charge in [0.25, 0.3) is 5.91 Å². The van der Waals surface area contributed by atoms with Crippen LogP contribution in [0.2, 0.25) is 0 Å². The first kappa shape index (κ1) is 14.1. The van der Waals surface area contributed by atoms with Gasteiger partial charge in [-0.05, 0) is 35.3 Å². The molecule has 1 unspecified atom stereocenters. The summed E-state index contributed by atoms with van der Waals surface area (Å²) in [6.45, 7) is 2.13. The number of hydrogen-bond donors (Lipinski definition) is 2. The number of imide groups is 1. The lowest BCUT2D eigenvalue weighted by Gasteiger charge is -2.29. The first-order chi connectivity index (χ1) is 11.1. The van der Waals surface area contributed by atoms with Gasteiger partial charge in [0, 0.05) is 31.6 Å². The number of rotatable bonds is 2. The fourth-order valence-corrected chi connectivity index (χ4v) is 3.47. The molecule has 118 valence electrons. The molecule has 0 saturated carbocycles. The number of carbonyl (C=O) groups is 3. The first-order valence-electron chi connectivity index (χ1n) is 7.81. The van der Waals surface area contributed by atoms with Crippen molar-refractivity contribution in [3.8, 4) is 0 Å². The molecule has 1 atom stereocenters. The molecule has 0 bridgehead atoms. The molecule has 3 aliphatic rings. The number of amides is 3. The molecule has 3 aliphatic heterocycles. The van der Waals surface area contributed by atoms with Gasteiger partial charge in [0.15, 0.2) is 0 Å². The highest BCUT2D eigenvalue weighted by Crippen LogP contribution is 2.30. The molecule has 6 heteroatoms. The van der Waals surface area contributed by atoms with E-state index in [2.05, 4.69) is 16.7 Å². The lowest BCUT2D eigenvalue weighted by molar-refractivity contribution is -0.136. The summed E-state index contributed by atoms with van der Waals surface area (Å²) in [5.74, 6) is -0.761. The largest absolute Gasteiger partial charge is 0.322 e. The van der Waals surface area contributed by atoms with Crippen LogP contribution in [0.3, 0.4) is 0 Å². The third-order valence-electron chi connectivity index (χ3n) is 4.70. The standard InChI is InChI=1S/C17H17N3O3/c21-15-4-3-14(16(22)19-15)20-9-12-7-10(11-5-6-18-8-11)1-2-13(12)17(20)23/h1-2,5,7,14,18H,3-4,6,8-9H2,(H,19,21,22). The number of hydrogen-bond acceptors (Lipinski definition) is 4. The number of nitrogens with zero attached hydrogens (tertiary/aromatic N) is 1. The van der Waals surface area contributed by atoms with Crippen molar-refractivity contribution in [1.82, 2.24) is 15.5 Å². The number of benzene rings is 1. The summed E-state index contributed by atoms with van der Waals surface area (Å²) in [5, 5.41) is 5.58. The highest BCUT2D eigenvalue weighted by Gasteiger charge is 2.39. The molecule has 0 radical (unpaired) electrons. The molecule has 1 fully saturated rings. The number of carbonyl (C=O) groups excluding carboxylic acids is 3. The van der Waals surface area contributed by atoms with Gasteiger partial charge < -0.3 is 10.2 Å². The molecule has 23 heavy (non-hydrogen) atoms. The quantitative estimate of drug-likeness (QED) is 0.777. The van der Waals surface area contributed by atoms with Gasteiger partial charge in [-0.2, -0.15) is 0 Å². The number of nitrogens with one attached hydrogen (secondary N) is 2. The van der Waals surface area contributed by atoms with Crippen molar-refractivity contribution < 1.29 is 14.4 Å². The van der Waals surface area contributed by atoms with E-state index in [1.165, 1.54) is 5.57 Å². The maximum absolute atomic E-state index is 12.6. The second kappa shape index (κ2) is 5.31. The molecule has 0 aromatic heterocycles. The van der Waals surface area contributed by atoms with E-state index in [1.54, 1.807) is 4.90 Å². The minimum absolute atomic E-state index is 0.125. The molecule has 2 N–H and O–H groups in total. The Morgan fingerprint density at radius 2 is 2.04 bits per heavy atom. The molecule has 1 saturated heterocycles. The molecular formula is C17H17N3O3. The summed E-state index contributed by atoms with van der Waals surface area (Å²) in [5.41, 5.74) is 3.96. The maximum Gasteiger partial charge on any atom is 0.255 e. The van der Waals surface area contributed by atoms with Crippen molar-refractivity contribution in [2.45, 2.75) is 25.4 Å². The summed E-state index contributed by atoms with van der Waals surface area (Å²) in [7, 11) is 0. The van der Waals surface area contributed by atoms with Crippen molar-refractivity contribution >= 4 is 23.3 Å². The topological polar surface area (TPSA) is 78.5 Å². The summed E-state index contributed by atoms with van der Waals surface area (Å²) in [6, 6.07) is 5.29. The van der Waals surface area contributed by atoms with E-state index >= 15 is 0 Å². The molecule has 3 heterocycles. The monoisotopic (exact) mass is 311 g/mol. The van der Waals surface area contributed by atoms with Gasteiger partial charge in [-0.25, -0.2) is 0 Å². The zero-order chi connectivity index (χ0) is 16.0. The predicted molar refractivity (Wildman–Crippen MR) is 83.3 cm³/mol. The lowest BCUT2D eigenvalue weighted by Crippen LogP contribution is -2.52. The molecule has 0 aliphatic carbocycles. The summed E-state index contributed by atoms with van der Waals surface area (Å²) in [4.78, 5) is 37.5. The number of fused-ring (bicyclic) bond motifs is 1. The average molecular weight is 311 g/mol. The van der Waals surface area contributed by atoms with E-state index in [0.717, 1.165) is 24.2 Å². The molecule has 3 amide bonds. The van der Waals surface area contributed by atoms with Gasteiger partial charge in [0.1, 0.15) is 6.04 Å². The first-order valence-corrected chi connectivity index (χ1v) is 7.81. The van der Waals surface area contributed by atoms with Crippen molar-refractivity contribution in [3.63, 3.8) is 0 Å². The van der Waals surface area contributed by atoms with Crippen LogP contribution in [0.1, 0.15) is 34.3 Å². The van der Waals surface area contributed by atoms with Crippen LogP contribution in [-0.4, -0.2) is 41.8 Å². The van der Waals surface area contributed by atoms with Crippen molar-refractivity contribution in [2.24, 2.45) is 0 Å². The highest BCUT2D eigenvalue weighted by atomic mass is 16.2. The highest BCUT2D eigenvalue weighted by molar-refractivity contribution is 6.05. The minimum Gasteiger partial charge on any atom is -0.322 e. The van der Waals surface area contributed by atoms with Crippen LogP contribution in [0.25, 0.3) is 5.57 Å². The zero-order valence-electron chi connectivity index (χ0n) is 12.6. The fourth-order valence-electron chi connectivity index (χ4n) is 3.47. The molecule has 1 aromatic carbocycles. The van der Waals surface area contributed by atoms with Crippen LogP contribution in [0.15, 0.2) is 24.3 Å². The second-order valence-electron chi connectivity index (χ2n) is 6.13. The van der Waals surface area contributed by atoms with E-state index in [-0.39, 0.29) is 24.1 Å². The molecule has 0 spiro atoms. The summed E-state index contributed by atoms with van der Waals surface area (Å²) < 4.78 is 0. The maximum atomic E-state index is 12.6. The Hall–Kier alpha value is -2.47. The Labute approximate surface area is 133 Å². The third-order valence-corrected chi connectivity index (χ3v) is 4.70. The normalized spacial score (nSPS) is 23.8. The van der Waals surface area contributed by atoms with Crippen LogP contribution >= 0.6 is 0 Å². The van der Waals surface area contributed by atoms with Crippen LogP contribution in [-0.2, 0) is 16.1 Å². The Morgan fingerprint density at radius 3 is 2.78 bits per heavy atom. The van der Waals surface area contributed by atoms with Crippen LogP contribution in [0.5, 0.6) is 0 Å². The van der Waals surface area contributed by atoms with Gasteiger partial charge >= 0.3 is 0 Å². The fraction of sp³-hybridized carbons (Fsp3) is 0.353. The Kier molecular flexibility index (Phi) is 3.27. The van der Waals surface area contributed by atoms with E-state index in [4.69, 9.17) is 0 Å². The van der Waals surface area contributed by atoms with Crippen molar-refractivity contribution in [1.29, 1.82) is 0 Å². The smallest absolute Gasteiger partial charge is 0.255 e. The molecular weight excluding hydrogens is 294 g/mol. The van der Waals surface area contributed by atoms with Crippen LogP contribution in [0.4, 0.5) is 0 Å². The Bertz CT molecular complexity index is 753. The molecule has 1 aromatic rings. The molecule has 6 nitrogen and oxygen atoms in total. The Balaban J connectivity index is 1.60. The average Bonchev–Trinajstić information content (AvgIpc) is 3.16. The van der Waals surface area contributed by atoms with Crippen LogP contribution in [0, 0.1) is 0 Å². The van der Waals surface area contributed by atoms with Gasteiger partial charge in [-0.3, -0.25) is 19.7 Å². The van der Waals surface area contributed by atoms with E-state index in [1.807, 2.05) is 18.2 Å². The SMILES string of the molecule is O=C1CCC(N2Cc3cc(C4=CCNC4)ccc3C2=O)C(=O)N1. The van der Waals surface area contributed by atoms with E-state index in [9.17, 15) is 14.4 Å². The van der Waals surface area contributed by atoms with Gasteiger partial charge in [0.05, 0.1) is 0 Å². The minimum atomic E-state index is -0.552. The molecule has 4 rings (SSSR count). The van der Waals surface area contributed by atoms with E-state index < -0.39 is 6.04 Å². The zero-order valence-corrected chi connectivity index (χ0v) is 12.6.